The number of halogens is 8. The molecule has 6 unspecified atom stereocenters. The second-order valence-electron chi connectivity index (χ2n) is 36.7. The lowest BCUT2D eigenvalue weighted by atomic mass is 9.88. The average Bonchev–Trinajstić information content (AvgIpc) is 1.57. The molecule has 0 saturated carbocycles. The molecule has 149 heavy (non-hydrogen) atoms. The van der Waals surface area contributed by atoms with E-state index in [-0.39, 0.29) is 81.9 Å². The van der Waals surface area contributed by atoms with Gasteiger partial charge in [-0.05, 0) is 124 Å². The molecule has 67 heteroatoms. The molecule has 0 aromatic carbocycles. The van der Waals surface area contributed by atoms with Gasteiger partial charge in [0.15, 0.2) is 106 Å². The van der Waals surface area contributed by atoms with Gasteiger partial charge in [-0.25, -0.2) is 102 Å². The van der Waals surface area contributed by atoms with E-state index in [4.69, 9.17) is 102 Å². The smallest absolute Gasteiger partial charge is 0.480 e. The van der Waals surface area contributed by atoms with E-state index in [1.807, 2.05) is 13.8 Å². The summed E-state index contributed by atoms with van der Waals surface area (Å²) in [4.78, 5) is 94.8. The van der Waals surface area contributed by atoms with Gasteiger partial charge in [-0.2, -0.15) is 15.0 Å². The predicted octanol–water partition coefficient (Wildman–Crippen LogP) is 10.1. The van der Waals surface area contributed by atoms with Crippen molar-refractivity contribution in [1.29, 1.82) is 0 Å². The lowest BCUT2D eigenvalue weighted by Crippen LogP contribution is -2.58. The number of carbonyl (C=O) groups is 4. The van der Waals surface area contributed by atoms with Crippen molar-refractivity contribution in [2.75, 3.05) is 79.5 Å². The number of aliphatic hydroxyl groups excluding tert-OH is 1. The van der Waals surface area contributed by atoms with E-state index in [2.05, 4.69) is 77.9 Å². The predicted molar refractivity (Wildman–Crippen MR) is 487 cm³/mol. The number of hydrogen-bond acceptors (Lipinski definition) is 46. The van der Waals surface area contributed by atoms with E-state index in [1.165, 1.54) is 50.7 Å². The van der Waals surface area contributed by atoms with Crippen molar-refractivity contribution >= 4 is 96.5 Å². The van der Waals surface area contributed by atoms with Crippen molar-refractivity contribution in [3.63, 3.8) is 0 Å². The fourth-order valence-electron chi connectivity index (χ4n) is 16.6. The number of hydrogen-bond donors (Lipinski definition) is 8. The Kier molecular flexibility index (Phi) is 34.3. The molecule has 0 spiro atoms. The van der Waals surface area contributed by atoms with Crippen LogP contribution in [0, 0.1) is 26.7 Å². The molecule has 26 atom stereocenters. The Morgan fingerprint density at radius 3 is 1.30 bits per heavy atom. The van der Waals surface area contributed by atoms with Gasteiger partial charge in [0, 0.05) is 24.6 Å². The lowest BCUT2D eigenvalue weighted by molar-refractivity contribution is -0.220. The number of aryl methyl sites for hydroxylation is 3. The summed E-state index contributed by atoms with van der Waals surface area (Å²) < 4.78 is 308. The zero-order valence-electron chi connectivity index (χ0n) is 83.3. The van der Waals surface area contributed by atoms with Crippen molar-refractivity contribution < 1.29 is 209 Å². The normalized spacial score (nSPS) is 36.6. The van der Waals surface area contributed by atoms with Crippen LogP contribution in [-0.2, 0) is 129 Å². The summed E-state index contributed by atoms with van der Waals surface area (Å²) >= 11 is 0. The molecule has 17 heterocycles. The Hall–Kier alpha value is -9.04. The second-order valence-corrected chi connectivity index (χ2v) is 44.7. The van der Waals surface area contributed by atoms with Crippen molar-refractivity contribution in [2.45, 2.75) is 269 Å². The van der Waals surface area contributed by atoms with Gasteiger partial charge in [0.05, 0.1) is 70.8 Å². The summed E-state index contributed by atoms with van der Waals surface area (Å²) in [6, 6.07) is -1.48. The molecule has 11 aliphatic heterocycles. The number of carboxylic acid groups (broad SMARTS) is 1. The number of aliphatic carboxylic acids is 1. The minimum Gasteiger partial charge on any atom is -0.480 e. The highest BCUT2D eigenvalue weighted by molar-refractivity contribution is 7.50. The Balaban J connectivity index is 0.000000155. The molecule has 0 aliphatic carbocycles. The first-order valence-electron chi connectivity index (χ1n) is 45.7. The Bertz CT molecular complexity index is 6340. The largest absolute Gasteiger partial charge is 0.510 e. The van der Waals surface area contributed by atoms with Gasteiger partial charge in [0.2, 0.25) is 24.4 Å². The number of imidazole rings is 3. The molecule has 54 nitrogen and oxygen atoms in total. The Morgan fingerprint density at radius 2 is 0.926 bits per heavy atom. The topological polar surface area (TPSA) is 640 Å². The fraction of sp³-hybridized carbons (Fsp3) is 0.671. The van der Waals surface area contributed by atoms with Gasteiger partial charge in [-0.3, -0.25) is 82.4 Å². The summed E-state index contributed by atoms with van der Waals surface area (Å²) in [5.41, 5.74) is -12.0. The molecule has 0 radical (unpaired) electrons. The Morgan fingerprint density at radius 1 is 0.544 bits per heavy atom. The zero-order valence-corrected chi connectivity index (χ0v) is 87.8. The second kappa shape index (κ2) is 43.7. The minimum absolute atomic E-state index is 0.0131. The third-order valence-electron chi connectivity index (χ3n) is 23.2. The summed E-state index contributed by atoms with van der Waals surface area (Å²) in [7, 11) is -21.6. The van der Waals surface area contributed by atoms with Gasteiger partial charge in [-0.15, -0.1) is 0 Å². The summed E-state index contributed by atoms with van der Waals surface area (Å²) in [6.07, 6.45) is -10.4. The van der Waals surface area contributed by atoms with Crippen LogP contribution in [0.4, 0.5) is 39.9 Å². The molecule has 830 valence electrons. The fourth-order valence-corrected chi connectivity index (χ4v) is 23.8. The summed E-state index contributed by atoms with van der Waals surface area (Å²) in [6.45, 7) is 30.5. The van der Waals surface area contributed by atoms with Gasteiger partial charge >= 0.3 is 51.2 Å². The average molecular weight is 2240 g/mol. The van der Waals surface area contributed by atoms with Gasteiger partial charge in [0.1, 0.15) is 91.7 Å². The first-order chi connectivity index (χ1) is 69.2. The number of amides is 2. The van der Waals surface area contributed by atoms with E-state index in [1.54, 1.807) is 81.2 Å². The van der Waals surface area contributed by atoms with Crippen LogP contribution in [0.15, 0.2) is 68.3 Å². The molecule has 11 aliphatic rings. The molecule has 17 rings (SSSR count). The molecule has 2 amide bonds. The van der Waals surface area contributed by atoms with Crippen LogP contribution in [0.1, 0.15) is 147 Å². The van der Waals surface area contributed by atoms with Gasteiger partial charge < -0.3 is 93.1 Å². The van der Waals surface area contributed by atoms with Crippen LogP contribution in [0.25, 0.3) is 33.5 Å². The number of aliphatic hydroxyl groups is 3. The molecular formula is C82H114F8N17O37P5. The standard InChI is InChI=1S/C18H25F2N4O6P.C17H23F2N4O6P.C17H24FN2O10P.C16H21F2N4O6P.C14H21FN3O9P/c1-6-26-14-12-13(22-11(4)23-14)24(9-21-12)16-17(5,19)15-18(20,29-16)8-28-31(25,30-15)27-7-10(2)3;1-6-25-13-11-12(21-10(4)22-13)23(8-20-11)15-16(5,18)14-17(19,27-15)7-26-30(24,29-14)28-9(2)3;1-10(2)28-15(22)25-9-27-31(24)26-8-17(7-18)13(30-31)16(4,23)14(29-17)20-6-5-12(21)19-11(20)3;1-5-24-12-10-11(20-9(3)21-12)22(8-19-10)14-15(4,17)13-16(18,27-14)7-26-29(23,28-13)25-6-2;1-7(10(20)21)17-28(24,25)26-6-14(15)11(22)13(3,23)12(27-14)18-5-4-9(19)16-8(18)2/h9-10,15-16H,6-8H2,1-5H3;8-9,14-15H,6-7H2,1-5H3;5-6,10,13-14,23H,3,7-9H2,1-2,4H3,(H,19,21);8,13-14H,5-7H2,1-4H3;4-5,7,11-12,22-23H,2,6H2,1,3H3,(H,16,19)(H,20,21)(H2,17,24,25)/t15-,16+,17+,18+,31?;14-,15+,16+,17+,30?;13-,14+,16+,17+,31?;13-,14+,15+,16+,29?;7?,11-,12+,13+,14+/m00000/s1. The number of phosphoric ester groups is 4. The number of rotatable bonds is 29. The molecule has 6 aromatic rings. The first-order valence-corrected chi connectivity index (χ1v) is 53.2. The quantitative estimate of drug-likeness (QED) is 0.00936. The van der Waals surface area contributed by atoms with Crippen LogP contribution in [0.2, 0.25) is 0 Å². The number of carboxylic acids is 1. The molecular weight excluding hydrogens is 2120 g/mol. The number of nitrogens with one attached hydrogen (secondary N) is 3. The van der Waals surface area contributed by atoms with Gasteiger partial charge in [-0.1, -0.05) is 27.0 Å². The number of fused-ring (bicyclic) bond motifs is 7. The molecule has 6 aromatic heterocycles. The van der Waals surface area contributed by atoms with E-state index in [0.717, 1.165) is 57.9 Å². The highest BCUT2D eigenvalue weighted by atomic mass is 31.2. The molecule has 9 fully saturated rings. The van der Waals surface area contributed by atoms with Crippen molar-refractivity contribution in [1.82, 2.24) is 84.1 Å². The highest BCUT2D eigenvalue weighted by Crippen LogP contribution is 2.68. The van der Waals surface area contributed by atoms with Crippen LogP contribution in [0.3, 0.4) is 0 Å². The number of phosphoric acid groups is 4. The highest BCUT2D eigenvalue weighted by Gasteiger charge is 2.75. The maximum atomic E-state index is 16.0. The van der Waals surface area contributed by atoms with E-state index >= 15 is 30.7 Å². The zero-order chi connectivity index (χ0) is 110. The maximum absolute atomic E-state index is 16.0. The molecule has 9 saturated heterocycles. The SMILES string of the molecule is C=C1NC(=O)C=CN1[C@@H]1O[C@](F)(COP(=O)(O)NC(C)C(=O)O)[C@@H](O)[C@@]1(C)O.C=C1NC(=O)C=CN1[C@@H]1O[C@]2(CF)COP(=O)(OCOC(=O)OC(C)C)O[C@H]2[C@@]1(C)O.CCOc1nc(C)nc2c1ncn2[C@@H]1O[C@]2(F)COP(=O)(OC(C)C)O[C@H]2[C@@]1(C)F.CCOc1nc(C)nc2c1ncn2[C@@H]1O[C@]2(F)COP(=O)(OCC(C)C)O[C@H]2[C@@]1(C)F.CCOc1nc(C)nc2c1ncn2[C@@H]1O[C@]2(F)COP(=O)(OCC)O[C@H]2[C@@]1(C)F. The number of ether oxygens (including phenoxy) is 10. The van der Waals surface area contributed by atoms with Crippen LogP contribution < -0.4 is 29.9 Å². The number of alkyl halides is 8. The van der Waals surface area contributed by atoms with Crippen molar-refractivity contribution in [3.05, 3.63) is 85.8 Å². The van der Waals surface area contributed by atoms with E-state index < -0.39 is 247 Å². The third-order valence-corrected chi connectivity index (χ3v) is 30.2. The van der Waals surface area contributed by atoms with E-state index in [0.29, 0.717) is 37.3 Å². The number of aromatic nitrogens is 12. The molecule has 8 N–H and O–H groups in total. The third kappa shape index (κ3) is 24.1. The van der Waals surface area contributed by atoms with Crippen LogP contribution in [0.5, 0.6) is 17.6 Å². The minimum atomic E-state index is -4.78. The summed E-state index contributed by atoms with van der Waals surface area (Å²) in [5.74, 6) is -11.9. The lowest BCUT2D eigenvalue weighted by Gasteiger charge is -2.40. The van der Waals surface area contributed by atoms with Crippen LogP contribution >= 0.6 is 39.0 Å². The van der Waals surface area contributed by atoms with Crippen molar-refractivity contribution in [3.8, 4) is 17.6 Å². The summed E-state index contributed by atoms with van der Waals surface area (Å²) in [5, 5.41) is 47.1. The number of nitrogens with zero attached hydrogens (tertiary/aromatic N) is 14. The number of carbonyl (C=O) groups excluding carboxylic acids is 3. The van der Waals surface area contributed by atoms with Crippen molar-refractivity contribution in [2.24, 2.45) is 5.92 Å². The molecule has 0 bridgehead atoms. The first kappa shape index (κ1) is 117. The maximum Gasteiger partial charge on any atom is 0.510 e. The monoisotopic (exact) mass is 2240 g/mol. The van der Waals surface area contributed by atoms with Gasteiger partial charge in [0.25, 0.3) is 35.2 Å². The Labute approximate surface area is 843 Å². The van der Waals surface area contributed by atoms with Crippen LogP contribution in [-0.4, -0.2) is 316 Å². The van der Waals surface area contributed by atoms with E-state index in [9.17, 15) is 66.6 Å².